The maximum Gasteiger partial charge on any atom is 0.268 e. The van der Waals surface area contributed by atoms with Crippen molar-refractivity contribution in [3.8, 4) is 0 Å². The summed E-state index contributed by atoms with van der Waals surface area (Å²) in [6, 6.07) is -1.04. The van der Waals surface area contributed by atoms with Crippen molar-refractivity contribution in [1.82, 2.24) is 5.32 Å². The van der Waals surface area contributed by atoms with Gasteiger partial charge in [0.25, 0.3) is 7.82 Å². The highest BCUT2D eigenvalue weighted by Gasteiger charge is 2.23. The zero-order chi connectivity index (χ0) is 39.8. The highest BCUT2D eigenvalue weighted by atomic mass is 31.2. The molecule has 0 aliphatic heterocycles. The van der Waals surface area contributed by atoms with E-state index in [1.54, 1.807) is 48.6 Å². The van der Waals surface area contributed by atoms with Crippen LogP contribution in [0.5, 0.6) is 0 Å². The first-order valence-corrected chi connectivity index (χ1v) is 21.4. The third-order valence-corrected chi connectivity index (χ3v) is 9.55. The predicted octanol–water partition coefficient (Wildman–Crippen LogP) is 6.58. The SMILES string of the molecule is CCCCCCCCCCC/C=C/[C@@H](O)[C@H](COP(=O)([O-])OCC[N+](C)(C)C)NC(=O)CCC[C@H](O)[C@@H](O)/C=C/C=C/C=C\C=C\[C@@H](O)CCCCC. The van der Waals surface area contributed by atoms with Gasteiger partial charge in [0, 0.05) is 6.42 Å². The lowest BCUT2D eigenvalue weighted by Gasteiger charge is -2.29. The molecule has 0 heterocycles. The Bertz CT molecular complexity index is 1100. The topological polar surface area (TPSA) is 169 Å². The van der Waals surface area contributed by atoms with Crippen LogP contribution in [0.25, 0.3) is 0 Å². The smallest absolute Gasteiger partial charge is 0.268 e. The number of nitrogens with one attached hydrogen (secondary N) is 1. The monoisotopic (exact) mass is 771 g/mol. The molecule has 0 rings (SSSR count). The first kappa shape index (κ1) is 51.1. The molecule has 1 amide bonds. The lowest BCUT2D eigenvalue weighted by atomic mass is 10.1. The molecule has 6 atom stereocenters. The minimum atomic E-state index is -4.68. The minimum absolute atomic E-state index is 0.0145. The highest BCUT2D eigenvalue weighted by Crippen LogP contribution is 2.38. The van der Waals surface area contributed by atoms with Crippen LogP contribution in [-0.4, -0.2) is 102 Å². The van der Waals surface area contributed by atoms with E-state index in [0.717, 1.165) is 44.9 Å². The Labute approximate surface area is 321 Å². The molecule has 1 unspecified atom stereocenters. The molecule has 0 saturated heterocycles. The molecule has 5 N–H and O–H groups in total. The van der Waals surface area contributed by atoms with Gasteiger partial charge in [-0.1, -0.05) is 145 Å². The number of phosphoric acid groups is 1. The summed E-state index contributed by atoms with van der Waals surface area (Å²) < 4.78 is 22.9. The maximum absolute atomic E-state index is 12.8. The van der Waals surface area contributed by atoms with Crippen molar-refractivity contribution in [2.45, 2.75) is 153 Å². The third-order valence-electron chi connectivity index (χ3n) is 8.59. The van der Waals surface area contributed by atoms with Crippen molar-refractivity contribution in [1.29, 1.82) is 0 Å². The van der Waals surface area contributed by atoms with Gasteiger partial charge in [-0.25, -0.2) is 0 Å². The van der Waals surface area contributed by atoms with Gasteiger partial charge >= 0.3 is 0 Å². The molecule has 0 saturated carbocycles. The summed E-state index contributed by atoms with van der Waals surface area (Å²) in [4.78, 5) is 25.2. The molecule has 0 radical (unpaired) electrons. The average molecular weight is 771 g/mol. The first-order valence-electron chi connectivity index (χ1n) is 20.0. The summed E-state index contributed by atoms with van der Waals surface area (Å²) in [5.74, 6) is -0.453. The van der Waals surface area contributed by atoms with Crippen LogP contribution < -0.4 is 10.2 Å². The van der Waals surface area contributed by atoms with Crippen LogP contribution in [0.3, 0.4) is 0 Å². The van der Waals surface area contributed by atoms with E-state index in [-0.39, 0.29) is 25.9 Å². The number of rotatable bonds is 34. The molecule has 0 fully saturated rings. The van der Waals surface area contributed by atoms with Crippen LogP contribution in [0.4, 0.5) is 0 Å². The lowest BCUT2D eigenvalue weighted by molar-refractivity contribution is -0.870. The van der Waals surface area contributed by atoms with E-state index in [1.807, 2.05) is 27.2 Å². The van der Waals surface area contributed by atoms with Crippen LogP contribution in [0.15, 0.2) is 60.8 Å². The van der Waals surface area contributed by atoms with Gasteiger partial charge in [0.05, 0.1) is 58.2 Å². The maximum atomic E-state index is 12.8. The number of allylic oxidation sites excluding steroid dienone is 7. The molecule has 0 spiro atoms. The van der Waals surface area contributed by atoms with Gasteiger partial charge < -0.3 is 44.2 Å². The standard InChI is InChI=1S/C41H75N2O9P/c1-6-8-10-11-12-13-14-15-16-20-24-29-38(45)37(35-52-53(49,50)51-34-33-43(3,4)5)42-41(48)32-26-31-40(47)39(46)30-25-21-18-17-19-23-28-36(44)27-22-9-7-2/h17-19,21,23-25,28-30,36-40,44-47H,6-16,20,22,26-27,31-35H2,1-5H3,(H-,42,48,49,50)/b19-17-,21-18+,28-23+,29-24+,30-25+/t36-,37-,38+,39-,40-/m0/s1. The fourth-order valence-electron chi connectivity index (χ4n) is 5.18. The summed E-state index contributed by atoms with van der Waals surface area (Å²) >= 11 is 0. The molecule has 0 aromatic heterocycles. The number of quaternary nitrogens is 1. The quantitative estimate of drug-likeness (QED) is 0.0160. The number of hydrogen-bond donors (Lipinski definition) is 5. The van der Waals surface area contributed by atoms with Crippen LogP contribution in [0.1, 0.15) is 123 Å². The van der Waals surface area contributed by atoms with E-state index >= 15 is 0 Å². The molecular formula is C41H75N2O9P. The predicted molar refractivity (Wildman–Crippen MR) is 214 cm³/mol. The van der Waals surface area contributed by atoms with Gasteiger partial charge in [0.15, 0.2) is 0 Å². The molecular weight excluding hydrogens is 695 g/mol. The molecule has 11 nitrogen and oxygen atoms in total. The first-order chi connectivity index (χ1) is 25.2. The Morgan fingerprint density at radius 1 is 0.717 bits per heavy atom. The van der Waals surface area contributed by atoms with Gasteiger partial charge in [0.2, 0.25) is 5.91 Å². The second-order valence-electron chi connectivity index (χ2n) is 14.9. The molecule has 0 aromatic carbocycles. The summed E-state index contributed by atoms with van der Waals surface area (Å²) in [5.41, 5.74) is 0. The van der Waals surface area contributed by atoms with Crippen molar-refractivity contribution >= 4 is 13.7 Å². The number of amides is 1. The van der Waals surface area contributed by atoms with E-state index in [9.17, 15) is 34.7 Å². The van der Waals surface area contributed by atoms with Gasteiger partial charge in [-0.05, 0) is 32.1 Å². The zero-order valence-corrected chi connectivity index (χ0v) is 34.4. The summed E-state index contributed by atoms with van der Waals surface area (Å²) in [7, 11) is 1.03. The Balaban J connectivity index is 4.89. The van der Waals surface area contributed by atoms with Crippen molar-refractivity contribution < 1.29 is 48.2 Å². The second-order valence-corrected chi connectivity index (χ2v) is 16.3. The van der Waals surface area contributed by atoms with E-state index in [1.165, 1.54) is 51.0 Å². The molecule has 0 aliphatic carbocycles. The molecule has 0 bridgehead atoms. The highest BCUT2D eigenvalue weighted by molar-refractivity contribution is 7.45. The number of aliphatic hydroxyl groups excluding tert-OH is 4. The van der Waals surface area contributed by atoms with E-state index in [4.69, 9.17) is 9.05 Å². The van der Waals surface area contributed by atoms with Crippen molar-refractivity contribution in [3.63, 3.8) is 0 Å². The summed E-state index contributed by atoms with van der Waals surface area (Å²) in [6.07, 6.45) is 29.1. The van der Waals surface area contributed by atoms with Crippen LogP contribution in [0.2, 0.25) is 0 Å². The van der Waals surface area contributed by atoms with E-state index in [2.05, 4.69) is 19.2 Å². The van der Waals surface area contributed by atoms with E-state index in [0.29, 0.717) is 11.0 Å². The largest absolute Gasteiger partial charge is 0.756 e. The Hall–Kier alpha value is -1.92. The van der Waals surface area contributed by atoms with Gasteiger partial charge in [0.1, 0.15) is 13.2 Å². The number of nitrogens with zero attached hydrogens (tertiary/aromatic N) is 1. The zero-order valence-electron chi connectivity index (χ0n) is 33.5. The van der Waals surface area contributed by atoms with Crippen LogP contribution in [0, 0.1) is 0 Å². The number of phosphoric ester groups is 1. The number of hydrogen-bond acceptors (Lipinski definition) is 9. The normalized spacial score (nSPS) is 16.9. The summed E-state index contributed by atoms with van der Waals surface area (Å²) in [6.45, 7) is 4.20. The van der Waals surface area contributed by atoms with Crippen LogP contribution in [-0.2, 0) is 18.4 Å². The van der Waals surface area contributed by atoms with Crippen LogP contribution >= 0.6 is 7.82 Å². The molecule has 0 aliphatic rings. The second kappa shape index (κ2) is 32.3. The average Bonchev–Trinajstić information content (AvgIpc) is 3.09. The van der Waals surface area contributed by atoms with Crippen molar-refractivity contribution in [2.24, 2.45) is 0 Å². The lowest BCUT2D eigenvalue weighted by Crippen LogP contribution is -2.46. The minimum Gasteiger partial charge on any atom is -0.756 e. The molecule has 308 valence electrons. The van der Waals surface area contributed by atoms with Crippen molar-refractivity contribution in [2.75, 3.05) is 40.9 Å². The number of carbonyl (C=O) groups excluding carboxylic acids is 1. The Morgan fingerprint density at radius 3 is 1.91 bits per heavy atom. The summed E-state index contributed by atoms with van der Waals surface area (Å²) in [5, 5.41) is 44.1. The molecule has 0 aromatic rings. The number of aliphatic hydroxyl groups is 4. The third kappa shape index (κ3) is 33.2. The van der Waals surface area contributed by atoms with Gasteiger partial charge in [-0.15, -0.1) is 0 Å². The van der Waals surface area contributed by atoms with Gasteiger partial charge in [-0.3, -0.25) is 9.36 Å². The number of carbonyl (C=O) groups is 1. The fraction of sp³-hybridized carbons (Fsp3) is 0.732. The number of likely N-dealkylation sites (N-methyl/N-ethyl adjacent to an activating group) is 1. The Morgan fingerprint density at radius 2 is 1.28 bits per heavy atom. The molecule has 12 heteroatoms. The molecule has 53 heavy (non-hydrogen) atoms. The van der Waals surface area contributed by atoms with E-state index < -0.39 is 50.8 Å². The van der Waals surface area contributed by atoms with Gasteiger partial charge in [-0.2, -0.15) is 0 Å². The van der Waals surface area contributed by atoms with Crippen molar-refractivity contribution in [3.05, 3.63) is 60.8 Å². The fourth-order valence-corrected chi connectivity index (χ4v) is 5.90. The number of unbranched alkanes of at least 4 members (excludes halogenated alkanes) is 11. The Kier molecular flexibility index (Phi) is 31.2.